The van der Waals surface area contributed by atoms with Crippen LogP contribution in [0.1, 0.15) is 0 Å². The molecule has 0 fully saturated rings. The fourth-order valence-electron chi connectivity index (χ4n) is 0.0815. The lowest BCUT2D eigenvalue weighted by molar-refractivity contribution is -0.167. The highest BCUT2D eigenvalue weighted by Crippen LogP contribution is 1.76. The molecule has 0 heterocycles. The van der Waals surface area contributed by atoms with Crippen molar-refractivity contribution in [2.24, 2.45) is 5.29 Å². The van der Waals surface area contributed by atoms with Crippen molar-refractivity contribution in [3.8, 4) is 0 Å². The first-order valence-electron chi connectivity index (χ1n) is 1.48. The van der Waals surface area contributed by atoms with Gasteiger partial charge in [0.1, 0.15) is 0 Å². The molecular weight excluding hydrogens is 100 g/mol. The van der Waals surface area contributed by atoms with Crippen molar-refractivity contribution in [3.63, 3.8) is 0 Å². The number of rotatable bonds is 3. The normalized spacial score (nSPS) is 7.00. The summed E-state index contributed by atoms with van der Waals surface area (Å²) in [6, 6.07) is 0. The van der Waals surface area contributed by atoms with Gasteiger partial charge in [-0.1, -0.05) is 5.17 Å². The summed E-state index contributed by atoms with van der Waals surface area (Å²) in [5, 5.41) is 2.72. The Hall–Kier alpha value is -1.13. The van der Waals surface area contributed by atoms with Crippen LogP contribution in [0.25, 0.3) is 0 Å². The maximum Gasteiger partial charge on any atom is 0.322 e. The largest absolute Gasteiger partial charge is 0.325 e. The number of hydrogen-bond donors (Lipinski definition) is 0. The first kappa shape index (κ1) is 5.87. The van der Waals surface area contributed by atoms with E-state index in [0.29, 0.717) is 5.17 Å². The molecule has 0 aliphatic heterocycles. The third-order valence-corrected chi connectivity index (χ3v) is 0.311. The summed E-state index contributed by atoms with van der Waals surface area (Å²) >= 11 is 0. The molecule has 0 radical (unpaired) electrons. The van der Waals surface area contributed by atoms with E-state index >= 15 is 0 Å². The van der Waals surface area contributed by atoms with E-state index in [0.717, 1.165) is 0 Å². The van der Waals surface area contributed by atoms with E-state index in [4.69, 9.17) is 0 Å². The lowest BCUT2D eigenvalue weighted by Crippen LogP contribution is -2.08. The summed E-state index contributed by atoms with van der Waals surface area (Å²) < 4.78 is 0. The summed E-state index contributed by atoms with van der Waals surface area (Å²) in [5.74, 6) is 0. The van der Waals surface area contributed by atoms with Gasteiger partial charge in [-0.3, -0.25) is 4.79 Å². The second kappa shape index (κ2) is 3.08. The van der Waals surface area contributed by atoms with E-state index in [9.17, 15) is 9.70 Å². The average Bonchev–Trinajstić information content (AvgIpc) is 1.68. The zero-order chi connectivity index (χ0) is 5.70. The Labute approximate surface area is 39.8 Å². The summed E-state index contributed by atoms with van der Waals surface area (Å²) in [6.45, 7) is 0.113. The standard InChI is InChI=1S/C2H4N2O3/c1-4(3-6)7-2-5/h2H,1H3. The van der Waals surface area contributed by atoms with Crippen molar-refractivity contribution in [1.82, 2.24) is 5.17 Å². The molecular formula is C2H4N2O3. The van der Waals surface area contributed by atoms with Crippen LogP contribution < -0.4 is 0 Å². The molecule has 0 saturated carbocycles. The van der Waals surface area contributed by atoms with Crippen LogP contribution in [0, 0.1) is 4.91 Å². The van der Waals surface area contributed by atoms with Gasteiger partial charge in [0.25, 0.3) is 0 Å². The Kier molecular flexibility index (Phi) is 2.58. The van der Waals surface area contributed by atoms with Gasteiger partial charge in [0, 0.05) is 0 Å². The third kappa shape index (κ3) is 2.68. The van der Waals surface area contributed by atoms with E-state index < -0.39 is 0 Å². The SMILES string of the molecule is CN(N=O)OC=O. The van der Waals surface area contributed by atoms with Gasteiger partial charge >= 0.3 is 6.47 Å². The zero-order valence-corrected chi connectivity index (χ0v) is 3.70. The van der Waals surface area contributed by atoms with Crippen molar-refractivity contribution in [1.29, 1.82) is 0 Å². The molecule has 0 spiro atoms. The highest BCUT2D eigenvalue weighted by atomic mass is 16.7. The molecule has 0 bridgehead atoms. The monoisotopic (exact) mass is 104 g/mol. The molecule has 7 heavy (non-hydrogen) atoms. The van der Waals surface area contributed by atoms with Crippen LogP contribution >= 0.6 is 0 Å². The molecule has 0 aromatic carbocycles. The Morgan fingerprint density at radius 3 is 2.57 bits per heavy atom. The minimum absolute atomic E-state index is 0.113. The van der Waals surface area contributed by atoms with Crippen LogP contribution in [-0.4, -0.2) is 18.7 Å². The van der Waals surface area contributed by atoms with E-state index in [-0.39, 0.29) is 6.47 Å². The number of hydrogen-bond acceptors (Lipinski definition) is 4. The summed E-state index contributed by atoms with van der Waals surface area (Å²) in [7, 11) is 1.21. The van der Waals surface area contributed by atoms with E-state index in [1.165, 1.54) is 7.05 Å². The van der Waals surface area contributed by atoms with Gasteiger partial charge in [-0.05, 0) is 0 Å². The molecule has 0 aliphatic rings. The van der Waals surface area contributed by atoms with Crippen LogP contribution in [0.3, 0.4) is 0 Å². The zero-order valence-electron chi connectivity index (χ0n) is 3.70. The lowest BCUT2D eigenvalue weighted by atomic mass is 11.4. The van der Waals surface area contributed by atoms with Gasteiger partial charge in [-0.15, -0.1) is 4.91 Å². The maximum absolute atomic E-state index is 9.31. The quantitative estimate of drug-likeness (QED) is 0.280. The minimum atomic E-state index is 0.113. The highest BCUT2D eigenvalue weighted by Gasteiger charge is 1.85. The third-order valence-electron chi connectivity index (χ3n) is 0.311. The van der Waals surface area contributed by atoms with Gasteiger partial charge in [-0.2, -0.15) is 0 Å². The predicted molar refractivity (Wildman–Crippen MR) is 20.7 cm³/mol. The Balaban J connectivity index is 3.15. The van der Waals surface area contributed by atoms with Crippen molar-refractivity contribution >= 4 is 6.47 Å². The Morgan fingerprint density at radius 2 is 2.43 bits per heavy atom. The van der Waals surface area contributed by atoms with Crippen molar-refractivity contribution in [2.75, 3.05) is 7.05 Å². The number of nitroso groups, excluding NO2 is 1. The molecule has 0 unspecified atom stereocenters. The van der Waals surface area contributed by atoms with Crippen LogP contribution in [-0.2, 0) is 9.63 Å². The fourth-order valence-corrected chi connectivity index (χ4v) is 0.0815. The number of nitrogens with zero attached hydrogens (tertiary/aromatic N) is 2. The number of carbonyl (C=O) groups is 1. The molecule has 5 heteroatoms. The second-order valence-electron chi connectivity index (χ2n) is 0.748. The van der Waals surface area contributed by atoms with Gasteiger partial charge in [0.2, 0.25) is 0 Å². The van der Waals surface area contributed by atoms with Crippen molar-refractivity contribution in [3.05, 3.63) is 4.91 Å². The highest BCUT2D eigenvalue weighted by molar-refractivity contribution is 5.36. The summed E-state index contributed by atoms with van der Waals surface area (Å²) in [5.41, 5.74) is 0. The predicted octanol–water partition coefficient (Wildman–Crippen LogP) is -0.312. The molecule has 40 valence electrons. The first-order valence-corrected chi connectivity index (χ1v) is 1.48. The molecule has 0 rings (SSSR count). The van der Waals surface area contributed by atoms with Crippen LogP contribution in [0.15, 0.2) is 5.29 Å². The fraction of sp³-hybridized carbons (Fsp3) is 0.500. The lowest BCUT2D eigenvalue weighted by Gasteiger charge is -1.99. The van der Waals surface area contributed by atoms with Crippen LogP contribution in [0.2, 0.25) is 0 Å². The molecule has 0 amide bonds. The molecule has 0 atom stereocenters. The summed E-state index contributed by atoms with van der Waals surface area (Å²) in [6.07, 6.45) is 0. The van der Waals surface area contributed by atoms with Gasteiger partial charge < -0.3 is 4.84 Å². The molecule has 5 nitrogen and oxygen atoms in total. The van der Waals surface area contributed by atoms with Crippen molar-refractivity contribution in [2.45, 2.75) is 0 Å². The van der Waals surface area contributed by atoms with E-state index in [2.05, 4.69) is 10.1 Å². The smallest absolute Gasteiger partial charge is 0.322 e. The number of carbonyl (C=O) groups excluding carboxylic acids is 1. The molecule has 0 N–H and O–H groups in total. The Morgan fingerprint density at radius 1 is 1.86 bits per heavy atom. The summed E-state index contributed by atoms with van der Waals surface area (Å²) in [4.78, 5) is 22.5. The number of hydroxylamine groups is 1. The van der Waals surface area contributed by atoms with Gasteiger partial charge in [0.15, 0.2) is 0 Å². The van der Waals surface area contributed by atoms with Crippen molar-refractivity contribution < 1.29 is 9.63 Å². The van der Waals surface area contributed by atoms with E-state index in [1.54, 1.807) is 0 Å². The Bertz CT molecular complexity index is 73.3. The molecule has 0 saturated heterocycles. The molecule has 0 aromatic heterocycles. The van der Waals surface area contributed by atoms with Crippen LogP contribution in [0.4, 0.5) is 0 Å². The van der Waals surface area contributed by atoms with Crippen LogP contribution in [0.5, 0.6) is 0 Å². The van der Waals surface area contributed by atoms with Gasteiger partial charge in [-0.25, -0.2) is 0 Å². The molecule has 0 aliphatic carbocycles. The maximum atomic E-state index is 9.31. The molecule has 0 aromatic rings. The van der Waals surface area contributed by atoms with Gasteiger partial charge in [0.05, 0.1) is 12.3 Å². The van der Waals surface area contributed by atoms with E-state index in [1.807, 2.05) is 0 Å². The average molecular weight is 104 g/mol. The minimum Gasteiger partial charge on any atom is -0.325 e. The second-order valence-corrected chi connectivity index (χ2v) is 0.748. The topological polar surface area (TPSA) is 59.0 Å². The first-order chi connectivity index (χ1) is 3.31.